The highest BCUT2D eigenvalue weighted by Crippen LogP contribution is 2.32. The van der Waals surface area contributed by atoms with Gasteiger partial charge in [0.25, 0.3) is 0 Å². The van der Waals surface area contributed by atoms with Crippen molar-refractivity contribution in [2.75, 3.05) is 18.8 Å². The van der Waals surface area contributed by atoms with Gasteiger partial charge in [-0.05, 0) is 120 Å². The Balaban J connectivity index is 1.34. The van der Waals surface area contributed by atoms with Crippen LogP contribution < -0.4 is 0 Å². The average molecular weight is 694 g/mol. The van der Waals surface area contributed by atoms with Gasteiger partial charge in [-0.3, -0.25) is 14.5 Å². The summed E-state index contributed by atoms with van der Waals surface area (Å²) in [4.78, 5) is 49.7. The van der Waals surface area contributed by atoms with Crippen LogP contribution in [0.1, 0.15) is 71.9 Å². The van der Waals surface area contributed by atoms with E-state index in [0.29, 0.717) is 27.5 Å². The first-order chi connectivity index (χ1) is 23.6. The zero-order chi connectivity index (χ0) is 34.7. The van der Waals surface area contributed by atoms with Gasteiger partial charge in [0.15, 0.2) is 5.78 Å². The maximum absolute atomic E-state index is 14.2. The first-order valence-electron chi connectivity index (χ1n) is 16.7. The number of benzene rings is 4. The van der Waals surface area contributed by atoms with Gasteiger partial charge < -0.3 is 9.40 Å². The largest absolute Gasteiger partial charge is 0.354 e. The van der Waals surface area contributed by atoms with Crippen molar-refractivity contribution in [1.29, 1.82) is 0 Å². The number of likely N-dealkylation sites (tertiary alicyclic amines) is 1. The van der Waals surface area contributed by atoms with Gasteiger partial charge in [-0.2, -0.15) is 0 Å². The molecule has 1 fully saturated rings. The number of fused-ring (bicyclic) bond motifs is 3. The number of hydrogen-bond donors (Lipinski definition) is 0. The van der Waals surface area contributed by atoms with Gasteiger partial charge in [0.2, 0.25) is 5.78 Å². The second-order valence-corrected chi connectivity index (χ2v) is 14.5. The molecule has 9 heteroatoms. The summed E-state index contributed by atoms with van der Waals surface area (Å²) in [6, 6.07) is 26.5. The van der Waals surface area contributed by atoms with Gasteiger partial charge in [0, 0.05) is 67.1 Å². The van der Waals surface area contributed by atoms with Crippen molar-refractivity contribution in [2.45, 2.75) is 63.9 Å². The molecule has 0 atom stereocenters. The van der Waals surface area contributed by atoms with Crippen molar-refractivity contribution in [2.24, 2.45) is 5.16 Å². The Kier molecular flexibility index (Phi) is 10.4. The van der Waals surface area contributed by atoms with E-state index in [9.17, 15) is 14.4 Å². The Bertz CT molecular complexity index is 2080. The number of carbonyl (C=O) groups is 3. The second kappa shape index (κ2) is 14.7. The molecule has 0 radical (unpaired) electrons. The number of thioether (sulfide) groups is 1. The van der Waals surface area contributed by atoms with Crippen LogP contribution in [-0.4, -0.2) is 57.1 Å². The molecule has 0 unspecified atom stereocenters. The molecule has 6 rings (SSSR count). The van der Waals surface area contributed by atoms with Crippen molar-refractivity contribution < 1.29 is 19.2 Å². The predicted molar refractivity (Wildman–Crippen MR) is 199 cm³/mol. The van der Waals surface area contributed by atoms with Gasteiger partial charge in [-0.1, -0.05) is 41.0 Å². The molecule has 252 valence electrons. The van der Waals surface area contributed by atoms with Crippen molar-refractivity contribution in [3.05, 3.63) is 112 Å². The number of aryl methyl sites for hydroxylation is 2. The molecule has 5 aromatic rings. The minimum Gasteiger partial charge on any atom is -0.341 e. The Labute approximate surface area is 296 Å². The van der Waals surface area contributed by atoms with Gasteiger partial charge in [-0.25, -0.2) is 4.79 Å². The first-order valence-corrected chi connectivity index (χ1v) is 18.1. The van der Waals surface area contributed by atoms with E-state index in [4.69, 9.17) is 16.4 Å². The molecule has 0 N–H and O–H groups in total. The zero-order valence-electron chi connectivity index (χ0n) is 28.3. The van der Waals surface area contributed by atoms with Crippen molar-refractivity contribution in [3.63, 3.8) is 0 Å². The number of halogens is 1. The Morgan fingerprint density at radius 3 is 2.16 bits per heavy atom. The number of Topliss-reactive ketones (excluding diaryl/α,β-unsaturated/α-hetero) is 1. The Hall–Kier alpha value is -4.24. The lowest BCUT2D eigenvalue weighted by atomic mass is 9.97. The lowest BCUT2D eigenvalue weighted by Gasteiger charge is -2.31. The number of ketones is 2. The van der Waals surface area contributed by atoms with E-state index in [1.807, 2.05) is 99.6 Å². The van der Waals surface area contributed by atoms with Crippen LogP contribution >= 0.6 is 23.4 Å². The second-order valence-electron chi connectivity index (χ2n) is 12.9. The number of rotatable bonds is 12. The van der Waals surface area contributed by atoms with E-state index in [-0.39, 0.29) is 23.7 Å². The molecular formula is C40H40ClN3O4S. The zero-order valence-corrected chi connectivity index (χ0v) is 29.9. The van der Waals surface area contributed by atoms with Crippen LogP contribution in [0.3, 0.4) is 0 Å². The van der Waals surface area contributed by atoms with Gasteiger partial charge in [-0.15, -0.1) is 11.8 Å². The molecule has 1 aromatic heterocycles. The summed E-state index contributed by atoms with van der Waals surface area (Å²) in [6.45, 7) is 10.0. The average Bonchev–Trinajstić information content (AvgIpc) is 3.77. The number of carbonyl (C=O) groups excluding carboxylic acids is 3. The topological polar surface area (TPSA) is 81.0 Å². The lowest BCUT2D eigenvalue weighted by molar-refractivity contribution is -0.155. The highest BCUT2D eigenvalue weighted by Gasteiger charge is 2.38. The molecule has 49 heavy (non-hydrogen) atoms. The van der Waals surface area contributed by atoms with E-state index in [1.54, 1.807) is 17.8 Å². The summed E-state index contributed by atoms with van der Waals surface area (Å²) >= 11 is 7.63. The number of nitrogens with zero attached hydrogens (tertiary/aromatic N) is 3. The highest BCUT2D eigenvalue weighted by molar-refractivity contribution is 7.99. The fourth-order valence-corrected chi connectivity index (χ4v) is 7.47. The standard InChI is InChI=1S/C40H40ClN3O4S/c1-5-44-35-18-12-27(37(45)31-11-7-6-10-26(31)2)24-32(35)33-25-28(13-19-36(33)44)38(46)34(20-23-49-30-16-14-29(41)15-17-30)42-48-39(47)40(3,4)43-21-8-9-22-43/h6-7,10-19,24-25H,5,8-9,20-23H2,1-4H3/b42-34+. The molecule has 0 aliphatic carbocycles. The molecule has 1 saturated heterocycles. The van der Waals surface area contributed by atoms with Crippen LogP contribution in [0, 0.1) is 6.92 Å². The van der Waals surface area contributed by atoms with Crippen LogP contribution in [0.5, 0.6) is 0 Å². The van der Waals surface area contributed by atoms with E-state index >= 15 is 0 Å². The minimum absolute atomic E-state index is 0.0455. The SMILES string of the molecule is CCn1c2ccc(C(=O)/C(CCSc3ccc(Cl)cc3)=N/OC(=O)C(C)(C)N3CCCC3)cc2c2cc(C(=O)c3ccccc3C)ccc21. The molecule has 1 aliphatic heterocycles. The minimum atomic E-state index is -0.861. The number of hydrogen-bond acceptors (Lipinski definition) is 7. The molecular weight excluding hydrogens is 654 g/mol. The number of aromatic nitrogens is 1. The van der Waals surface area contributed by atoms with Crippen LogP contribution in [0.2, 0.25) is 5.02 Å². The van der Waals surface area contributed by atoms with Gasteiger partial charge in [0.1, 0.15) is 11.3 Å². The highest BCUT2D eigenvalue weighted by atomic mass is 35.5. The predicted octanol–water partition coefficient (Wildman–Crippen LogP) is 9.15. The van der Waals surface area contributed by atoms with Crippen molar-refractivity contribution in [1.82, 2.24) is 9.47 Å². The number of oxime groups is 1. The van der Waals surface area contributed by atoms with Crippen LogP contribution in [0.4, 0.5) is 0 Å². The Morgan fingerprint density at radius 2 is 1.51 bits per heavy atom. The monoisotopic (exact) mass is 693 g/mol. The normalized spacial score (nSPS) is 14.1. The summed E-state index contributed by atoms with van der Waals surface area (Å²) in [7, 11) is 0. The molecule has 2 heterocycles. The molecule has 0 spiro atoms. The third-order valence-corrected chi connectivity index (χ3v) is 10.7. The Morgan fingerprint density at radius 1 is 0.878 bits per heavy atom. The third kappa shape index (κ3) is 7.23. The molecule has 0 amide bonds. The maximum Gasteiger partial charge on any atom is 0.354 e. The van der Waals surface area contributed by atoms with Crippen molar-refractivity contribution in [3.8, 4) is 0 Å². The van der Waals surface area contributed by atoms with E-state index in [1.165, 1.54) is 0 Å². The van der Waals surface area contributed by atoms with E-state index in [2.05, 4.69) is 21.5 Å². The molecule has 1 aliphatic rings. The summed E-state index contributed by atoms with van der Waals surface area (Å²) < 4.78 is 2.18. The van der Waals surface area contributed by atoms with Crippen LogP contribution in [0.25, 0.3) is 21.8 Å². The summed E-state index contributed by atoms with van der Waals surface area (Å²) in [5, 5.41) is 6.64. The van der Waals surface area contributed by atoms with Gasteiger partial charge >= 0.3 is 5.97 Å². The first kappa shape index (κ1) is 34.6. The maximum atomic E-state index is 14.2. The third-order valence-electron chi connectivity index (χ3n) is 9.41. The van der Waals surface area contributed by atoms with Crippen LogP contribution in [-0.2, 0) is 16.2 Å². The molecule has 7 nitrogen and oxygen atoms in total. The van der Waals surface area contributed by atoms with E-state index < -0.39 is 11.5 Å². The molecule has 4 aromatic carbocycles. The molecule has 0 saturated carbocycles. The quantitative estimate of drug-likeness (QED) is 0.0426. The summed E-state index contributed by atoms with van der Waals surface area (Å²) in [5.41, 5.74) is 3.85. The summed E-state index contributed by atoms with van der Waals surface area (Å²) in [6.07, 6.45) is 2.35. The van der Waals surface area contributed by atoms with E-state index in [0.717, 1.165) is 64.7 Å². The smallest absolute Gasteiger partial charge is 0.341 e. The summed E-state index contributed by atoms with van der Waals surface area (Å²) in [5.74, 6) is -0.302. The fourth-order valence-electron chi connectivity index (χ4n) is 6.49. The fraction of sp³-hybridized carbons (Fsp3) is 0.300. The van der Waals surface area contributed by atoms with Crippen molar-refractivity contribution >= 4 is 68.4 Å². The van der Waals surface area contributed by atoms with Gasteiger partial charge in [0.05, 0.1) is 0 Å². The molecule has 0 bridgehead atoms. The lowest BCUT2D eigenvalue weighted by Crippen LogP contribution is -2.49. The van der Waals surface area contributed by atoms with Crippen LogP contribution in [0.15, 0.2) is 95.0 Å².